The van der Waals surface area contributed by atoms with Crippen LogP contribution in [-0.4, -0.2) is 53.0 Å². The van der Waals surface area contributed by atoms with Crippen molar-refractivity contribution >= 4 is 15.9 Å². The average molecular weight is 541 g/mol. The van der Waals surface area contributed by atoms with Crippen LogP contribution in [0.3, 0.4) is 0 Å². The fourth-order valence-electron chi connectivity index (χ4n) is 1.64. The van der Waals surface area contributed by atoms with Gasteiger partial charge in [-0.05, 0) is 6.42 Å². The molecule has 0 radical (unpaired) electrons. The van der Waals surface area contributed by atoms with Gasteiger partial charge in [-0.25, -0.2) is 0 Å². The molecule has 0 aromatic carbocycles. The number of alkyl halides is 18. The van der Waals surface area contributed by atoms with Crippen LogP contribution in [0, 0.1) is 0 Å². The van der Waals surface area contributed by atoms with E-state index in [-0.39, 0.29) is 0 Å². The molecule has 0 nitrogen and oxygen atoms in total. The molecule has 0 bridgehead atoms. The molecule has 176 valence electrons. The summed E-state index contributed by atoms with van der Waals surface area (Å²) in [4.78, 5) is 0. The summed E-state index contributed by atoms with van der Waals surface area (Å²) in [7, 11) is 0. The van der Waals surface area contributed by atoms with Gasteiger partial charge in [0, 0.05) is 11.8 Å². The first-order chi connectivity index (χ1) is 12.3. The Labute approximate surface area is 157 Å². The molecule has 0 aromatic rings. The third kappa shape index (κ3) is 3.85. The Bertz CT molecular complexity index is 574. The molecule has 0 spiro atoms. The predicted octanol–water partition coefficient (Wildman–Crippen LogP) is 7.17. The Morgan fingerprint density at radius 2 is 0.690 bits per heavy atom. The van der Waals surface area contributed by atoms with Gasteiger partial charge in [-0.15, -0.1) is 0 Å². The second-order valence-electron chi connectivity index (χ2n) is 5.44. The summed E-state index contributed by atoms with van der Waals surface area (Å²) >= 11 is 2.33. The molecule has 0 aromatic heterocycles. The van der Waals surface area contributed by atoms with E-state index in [1.54, 1.807) is 0 Å². The maximum atomic E-state index is 13.3. The van der Waals surface area contributed by atoms with E-state index < -0.39 is 65.8 Å². The molecule has 0 saturated carbocycles. The minimum Gasteiger partial charge on any atom is -0.200 e. The van der Waals surface area contributed by atoms with E-state index in [1.165, 1.54) is 0 Å². The Morgan fingerprint density at radius 1 is 0.414 bits per heavy atom. The van der Waals surface area contributed by atoms with Crippen molar-refractivity contribution < 1.29 is 74.6 Å². The lowest BCUT2D eigenvalue weighted by molar-refractivity contribution is -0.461. The summed E-state index contributed by atoms with van der Waals surface area (Å²) in [5.74, 6) is -55.7. The third-order valence-electron chi connectivity index (χ3n) is 3.41. The molecule has 0 saturated heterocycles. The highest BCUT2D eigenvalue weighted by Crippen LogP contribution is 2.64. The first-order valence-electron chi connectivity index (χ1n) is 6.58. The van der Waals surface area contributed by atoms with Crippen LogP contribution in [0.2, 0.25) is 0 Å². The lowest BCUT2D eigenvalue weighted by Gasteiger charge is -2.42. The van der Waals surface area contributed by atoms with Crippen LogP contribution in [0.4, 0.5) is 74.6 Å². The monoisotopic (exact) mass is 540 g/mol. The van der Waals surface area contributed by atoms with Gasteiger partial charge in [-0.2, -0.15) is 74.6 Å². The maximum absolute atomic E-state index is 13.3. The van der Waals surface area contributed by atoms with E-state index in [9.17, 15) is 74.6 Å². The van der Waals surface area contributed by atoms with Crippen molar-refractivity contribution in [2.75, 3.05) is 5.33 Å². The van der Waals surface area contributed by atoms with Crippen LogP contribution in [0.15, 0.2) is 0 Å². The summed E-state index contributed by atoms with van der Waals surface area (Å²) in [6, 6.07) is 0. The Hall–Kier alpha value is -0.710. The predicted molar refractivity (Wildman–Crippen MR) is 63.7 cm³/mol. The van der Waals surface area contributed by atoms with Gasteiger partial charge in [0.2, 0.25) is 0 Å². The van der Waals surface area contributed by atoms with Crippen molar-refractivity contribution in [3.63, 3.8) is 0 Å². The Kier molecular flexibility index (Phi) is 7.28. The minimum absolute atomic E-state index is 0.646. The quantitative estimate of drug-likeness (QED) is 0.215. The normalized spacial score (nSPS) is 16.3. The van der Waals surface area contributed by atoms with Crippen molar-refractivity contribution in [1.82, 2.24) is 0 Å². The Morgan fingerprint density at radius 3 is 0.966 bits per heavy atom. The first-order valence-corrected chi connectivity index (χ1v) is 7.70. The maximum Gasteiger partial charge on any atom is 0.460 e. The number of rotatable bonds is 9. The van der Waals surface area contributed by atoms with Crippen molar-refractivity contribution in [3.05, 3.63) is 0 Å². The van der Waals surface area contributed by atoms with Crippen molar-refractivity contribution in [1.29, 1.82) is 0 Å². The summed E-state index contributed by atoms with van der Waals surface area (Å²) in [5, 5.41) is -0.646. The van der Waals surface area contributed by atoms with E-state index in [1.807, 2.05) is 0 Å². The fraction of sp³-hybridized carbons (Fsp3) is 1.00. The zero-order valence-corrected chi connectivity index (χ0v) is 14.5. The molecule has 0 unspecified atom stereocenters. The molecular formula is C11H6BrF17. The molecule has 0 aliphatic carbocycles. The minimum atomic E-state index is -8.57. The lowest BCUT2D eigenvalue weighted by atomic mass is 9.88. The zero-order valence-electron chi connectivity index (χ0n) is 12.9. The van der Waals surface area contributed by atoms with Gasteiger partial charge in [0.15, 0.2) is 0 Å². The van der Waals surface area contributed by atoms with Gasteiger partial charge in [-0.3, -0.25) is 0 Å². The molecule has 0 amide bonds. The average Bonchev–Trinajstić information content (AvgIpc) is 2.50. The molecule has 0 aliphatic heterocycles. The van der Waals surface area contributed by atoms with E-state index in [0.29, 0.717) is 0 Å². The number of hydrogen-bond donors (Lipinski definition) is 0. The van der Waals surface area contributed by atoms with Gasteiger partial charge >= 0.3 is 47.6 Å². The Balaban J connectivity index is 6.57. The van der Waals surface area contributed by atoms with Crippen LogP contribution < -0.4 is 0 Å². The summed E-state index contributed by atoms with van der Waals surface area (Å²) in [6.45, 7) is 0. The SMILES string of the molecule is FC(F)(F)C(F)(F)C(F)(F)C(F)(F)C(F)(F)C(F)(F)C(F)(F)C(F)(F)CCCBr. The molecule has 0 atom stereocenters. The van der Waals surface area contributed by atoms with Crippen molar-refractivity contribution in [2.24, 2.45) is 0 Å². The van der Waals surface area contributed by atoms with Gasteiger partial charge in [0.05, 0.1) is 0 Å². The second-order valence-corrected chi connectivity index (χ2v) is 6.23. The summed E-state index contributed by atoms with van der Waals surface area (Å²) in [5.41, 5.74) is 0. The molecule has 0 aliphatic rings. The molecule has 0 rings (SSSR count). The highest BCUT2D eigenvalue weighted by atomic mass is 79.9. The van der Waals surface area contributed by atoms with Gasteiger partial charge in [0.25, 0.3) is 0 Å². The molecule has 0 fully saturated rings. The van der Waals surface area contributed by atoms with Crippen LogP contribution in [0.1, 0.15) is 12.8 Å². The standard InChI is InChI=1S/C11H6BrF17/c12-3-1-2-4(13,14)5(15,16)6(17,18)7(19,20)8(21,22)9(23,24)10(25,26)11(27,28)29/h1-3H2. The van der Waals surface area contributed by atoms with Crippen LogP contribution in [0.5, 0.6) is 0 Å². The highest BCUT2D eigenvalue weighted by Gasteiger charge is 2.95. The number of halogens is 18. The highest BCUT2D eigenvalue weighted by molar-refractivity contribution is 9.09. The third-order valence-corrected chi connectivity index (χ3v) is 3.97. The molecule has 29 heavy (non-hydrogen) atoms. The second kappa shape index (κ2) is 7.46. The van der Waals surface area contributed by atoms with Crippen molar-refractivity contribution in [3.8, 4) is 0 Å². The van der Waals surface area contributed by atoms with E-state index in [0.717, 1.165) is 0 Å². The van der Waals surface area contributed by atoms with Gasteiger partial charge < -0.3 is 0 Å². The van der Waals surface area contributed by atoms with E-state index in [2.05, 4.69) is 15.9 Å². The van der Waals surface area contributed by atoms with Crippen LogP contribution in [-0.2, 0) is 0 Å². The van der Waals surface area contributed by atoms with Crippen LogP contribution >= 0.6 is 15.9 Å². The van der Waals surface area contributed by atoms with Gasteiger partial charge in [-0.1, -0.05) is 15.9 Å². The molecular weight excluding hydrogens is 535 g/mol. The number of hydrogen-bond acceptors (Lipinski definition) is 0. The largest absolute Gasteiger partial charge is 0.460 e. The van der Waals surface area contributed by atoms with E-state index >= 15 is 0 Å². The smallest absolute Gasteiger partial charge is 0.200 e. The van der Waals surface area contributed by atoms with Crippen molar-refractivity contribution in [2.45, 2.75) is 60.5 Å². The lowest BCUT2D eigenvalue weighted by Crippen LogP contribution is -2.74. The topological polar surface area (TPSA) is 0 Å². The first kappa shape index (κ1) is 28.3. The summed E-state index contributed by atoms with van der Waals surface area (Å²) in [6.07, 6.45) is -11.3. The molecule has 18 heteroatoms. The summed E-state index contributed by atoms with van der Waals surface area (Å²) < 4.78 is 219. The van der Waals surface area contributed by atoms with Gasteiger partial charge in [0.1, 0.15) is 0 Å². The van der Waals surface area contributed by atoms with E-state index in [4.69, 9.17) is 0 Å². The van der Waals surface area contributed by atoms with Crippen LogP contribution in [0.25, 0.3) is 0 Å². The fourth-order valence-corrected chi connectivity index (χ4v) is 1.92. The zero-order chi connectivity index (χ0) is 24.1. The molecule has 0 heterocycles. The molecule has 0 N–H and O–H groups in total.